The maximum Gasteiger partial charge on any atom is 0.300 e. The Balaban J connectivity index is 1.76. The third-order valence-corrected chi connectivity index (χ3v) is 7.60. The van der Waals surface area contributed by atoms with E-state index in [-0.39, 0.29) is 39.1 Å². The highest BCUT2D eigenvalue weighted by atomic mass is 32.2. The minimum atomic E-state index is -4.00. The van der Waals surface area contributed by atoms with Crippen LogP contribution in [0.3, 0.4) is 0 Å². The molecule has 178 valence electrons. The van der Waals surface area contributed by atoms with E-state index in [1.165, 1.54) is 31.0 Å². The second-order valence-electron chi connectivity index (χ2n) is 6.94. The van der Waals surface area contributed by atoms with Gasteiger partial charge in [-0.1, -0.05) is 11.3 Å². The molecular formula is C20H20N6O6S2. The molecule has 0 bridgehead atoms. The van der Waals surface area contributed by atoms with Crippen molar-refractivity contribution in [3.8, 4) is 22.8 Å². The zero-order chi connectivity index (χ0) is 24.5. The van der Waals surface area contributed by atoms with Gasteiger partial charge in [-0.3, -0.25) is 13.9 Å². The molecule has 14 heteroatoms. The first-order valence-electron chi connectivity index (χ1n) is 9.67. The summed E-state index contributed by atoms with van der Waals surface area (Å²) in [5.74, 6) is 0.0920. The zero-order valence-corrected chi connectivity index (χ0v) is 19.9. The molecule has 0 saturated heterocycles. The SMILES string of the molecule is COCOc1cnc2ccc(-c3cnc(OC)c(NS(=O)(=O)c4sc(N)nc4C)c3)cn2c1=O. The molecule has 0 amide bonds. The molecule has 0 spiro atoms. The Labute approximate surface area is 198 Å². The summed E-state index contributed by atoms with van der Waals surface area (Å²) in [7, 11) is -1.18. The van der Waals surface area contributed by atoms with E-state index in [1.54, 1.807) is 31.3 Å². The Morgan fingerprint density at radius 3 is 2.65 bits per heavy atom. The third-order valence-electron chi connectivity index (χ3n) is 4.64. The monoisotopic (exact) mass is 504 g/mol. The van der Waals surface area contributed by atoms with Crippen LogP contribution in [0.25, 0.3) is 16.8 Å². The molecule has 0 fully saturated rings. The van der Waals surface area contributed by atoms with Crippen LogP contribution < -0.4 is 25.5 Å². The van der Waals surface area contributed by atoms with Gasteiger partial charge in [0.1, 0.15) is 11.3 Å². The predicted octanol–water partition coefficient (Wildman–Crippen LogP) is 1.90. The first kappa shape index (κ1) is 23.4. The van der Waals surface area contributed by atoms with Crippen molar-refractivity contribution >= 4 is 37.8 Å². The van der Waals surface area contributed by atoms with Gasteiger partial charge in [-0.2, -0.15) is 0 Å². The highest BCUT2D eigenvalue weighted by Gasteiger charge is 2.23. The maximum atomic E-state index is 12.9. The number of ether oxygens (including phenoxy) is 3. The van der Waals surface area contributed by atoms with Crippen LogP contribution in [-0.4, -0.2) is 48.8 Å². The number of nitrogens with two attached hydrogens (primary N) is 1. The van der Waals surface area contributed by atoms with Gasteiger partial charge in [0, 0.05) is 30.6 Å². The summed E-state index contributed by atoms with van der Waals surface area (Å²) in [6, 6.07) is 4.93. The fraction of sp³-hybridized carbons (Fsp3) is 0.200. The third kappa shape index (κ3) is 4.50. The zero-order valence-electron chi connectivity index (χ0n) is 18.3. The van der Waals surface area contributed by atoms with Gasteiger partial charge in [-0.05, 0) is 25.1 Å². The Morgan fingerprint density at radius 2 is 1.97 bits per heavy atom. The number of hydrogen-bond donors (Lipinski definition) is 2. The number of rotatable bonds is 8. The fourth-order valence-electron chi connectivity index (χ4n) is 3.14. The minimum absolute atomic E-state index is 0.00984. The summed E-state index contributed by atoms with van der Waals surface area (Å²) in [5, 5.41) is 0.140. The molecule has 0 aromatic carbocycles. The van der Waals surface area contributed by atoms with Crippen LogP contribution in [0, 0.1) is 6.92 Å². The molecule has 0 atom stereocenters. The van der Waals surface area contributed by atoms with Crippen molar-refractivity contribution in [3.05, 3.63) is 52.8 Å². The van der Waals surface area contributed by atoms with Crippen LogP contribution in [0.5, 0.6) is 11.6 Å². The molecule has 0 aliphatic heterocycles. The van der Waals surface area contributed by atoms with Gasteiger partial charge < -0.3 is 19.9 Å². The molecule has 0 radical (unpaired) electrons. The lowest BCUT2D eigenvalue weighted by molar-refractivity contribution is 0.0496. The maximum absolute atomic E-state index is 12.9. The Morgan fingerprint density at radius 1 is 1.18 bits per heavy atom. The number of anilines is 2. The second-order valence-corrected chi connectivity index (χ2v) is 9.84. The molecule has 4 rings (SSSR count). The van der Waals surface area contributed by atoms with Crippen LogP contribution in [-0.2, 0) is 14.8 Å². The molecule has 4 heterocycles. The average Bonchev–Trinajstić information content (AvgIpc) is 3.17. The number of aromatic nitrogens is 4. The predicted molar refractivity (Wildman–Crippen MR) is 126 cm³/mol. The van der Waals surface area contributed by atoms with Crippen LogP contribution in [0.2, 0.25) is 0 Å². The number of nitrogen functional groups attached to an aromatic ring is 1. The van der Waals surface area contributed by atoms with Crippen LogP contribution in [0.1, 0.15) is 5.69 Å². The van der Waals surface area contributed by atoms with Gasteiger partial charge in [0.05, 0.1) is 19.0 Å². The number of thiazole rings is 1. The fourth-order valence-corrected chi connectivity index (χ4v) is 5.49. The number of pyridine rings is 2. The number of hydrogen-bond acceptors (Lipinski definition) is 11. The van der Waals surface area contributed by atoms with Gasteiger partial charge in [-0.15, -0.1) is 0 Å². The smallest absolute Gasteiger partial charge is 0.300 e. The van der Waals surface area contributed by atoms with Crippen LogP contribution >= 0.6 is 11.3 Å². The molecule has 12 nitrogen and oxygen atoms in total. The summed E-state index contributed by atoms with van der Waals surface area (Å²) in [4.78, 5) is 25.1. The van der Waals surface area contributed by atoms with Gasteiger partial charge in [0.15, 0.2) is 16.1 Å². The first-order chi connectivity index (χ1) is 16.2. The number of nitrogens with one attached hydrogen (secondary N) is 1. The van der Waals surface area contributed by atoms with E-state index in [2.05, 4.69) is 19.7 Å². The Hall–Kier alpha value is -3.75. The number of aryl methyl sites for hydroxylation is 1. The quantitative estimate of drug-likeness (QED) is 0.339. The summed E-state index contributed by atoms with van der Waals surface area (Å²) in [6.45, 7) is 1.46. The molecule has 34 heavy (non-hydrogen) atoms. The molecule has 3 N–H and O–H groups in total. The van der Waals surface area contributed by atoms with E-state index in [9.17, 15) is 13.2 Å². The van der Waals surface area contributed by atoms with Crippen molar-refractivity contribution in [2.75, 3.05) is 31.5 Å². The van der Waals surface area contributed by atoms with E-state index in [0.29, 0.717) is 16.8 Å². The minimum Gasteiger partial charge on any atom is -0.480 e. The lowest BCUT2D eigenvalue weighted by Crippen LogP contribution is -2.18. The molecule has 0 aliphatic carbocycles. The summed E-state index contributed by atoms with van der Waals surface area (Å²) >= 11 is 0.854. The van der Waals surface area contributed by atoms with E-state index in [1.807, 2.05) is 0 Å². The van der Waals surface area contributed by atoms with Crippen molar-refractivity contribution in [2.45, 2.75) is 11.1 Å². The summed E-state index contributed by atoms with van der Waals surface area (Å²) in [5.41, 5.74) is 7.12. The topological polar surface area (TPSA) is 160 Å². The second kappa shape index (κ2) is 9.24. The molecule has 4 aromatic heterocycles. The van der Waals surface area contributed by atoms with Crippen molar-refractivity contribution in [1.82, 2.24) is 19.4 Å². The van der Waals surface area contributed by atoms with Gasteiger partial charge in [-0.25, -0.2) is 23.4 Å². The van der Waals surface area contributed by atoms with Crippen molar-refractivity contribution < 1.29 is 22.6 Å². The summed E-state index contributed by atoms with van der Waals surface area (Å²) in [6.07, 6.45) is 4.38. The Bertz CT molecular complexity index is 1530. The lowest BCUT2D eigenvalue weighted by Gasteiger charge is -2.13. The summed E-state index contributed by atoms with van der Waals surface area (Å²) < 4.78 is 45.0. The highest BCUT2D eigenvalue weighted by molar-refractivity contribution is 7.94. The van der Waals surface area contributed by atoms with Crippen molar-refractivity contribution in [2.24, 2.45) is 0 Å². The lowest BCUT2D eigenvalue weighted by atomic mass is 10.1. The van der Waals surface area contributed by atoms with E-state index in [4.69, 9.17) is 19.9 Å². The number of sulfonamides is 1. The van der Waals surface area contributed by atoms with Crippen LogP contribution in [0.15, 0.2) is 45.8 Å². The number of fused-ring (bicyclic) bond motifs is 1. The molecule has 4 aromatic rings. The van der Waals surface area contributed by atoms with E-state index in [0.717, 1.165) is 11.3 Å². The van der Waals surface area contributed by atoms with Crippen molar-refractivity contribution in [3.63, 3.8) is 0 Å². The standard InChI is InChI=1S/C20H20N6O6S2/c1-11-19(33-20(21)24-11)34(28,29)25-14-6-13(7-23-17(14)31-3)12-4-5-16-22-8-15(32-10-30-2)18(27)26(16)9-12/h4-9,25H,10H2,1-3H3,(H2,21,24). The molecule has 0 saturated carbocycles. The molecule has 0 unspecified atom stereocenters. The first-order valence-corrected chi connectivity index (χ1v) is 12.0. The normalized spacial score (nSPS) is 11.5. The average molecular weight is 505 g/mol. The van der Waals surface area contributed by atoms with Gasteiger partial charge >= 0.3 is 0 Å². The van der Waals surface area contributed by atoms with E-state index >= 15 is 0 Å². The van der Waals surface area contributed by atoms with Crippen LogP contribution in [0.4, 0.5) is 10.8 Å². The highest BCUT2D eigenvalue weighted by Crippen LogP contribution is 2.32. The van der Waals surface area contributed by atoms with Crippen molar-refractivity contribution in [1.29, 1.82) is 0 Å². The largest absolute Gasteiger partial charge is 0.480 e. The van der Waals surface area contributed by atoms with Gasteiger partial charge in [0.2, 0.25) is 11.6 Å². The molecular weight excluding hydrogens is 484 g/mol. The molecule has 0 aliphatic rings. The van der Waals surface area contributed by atoms with E-state index < -0.39 is 15.6 Å². The number of nitrogens with zero attached hydrogens (tertiary/aromatic N) is 4. The Kier molecular flexibility index (Phi) is 6.37. The van der Waals surface area contributed by atoms with Gasteiger partial charge in [0.25, 0.3) is 15.6 Å². The number of methoxy groups -OCH3 is 2.